The van der Waals surface area contributed by atoms with Crippen LogP contribution in [0.3, 0.4) is 0 Å². The Kier molecular flexibility index (Phi) is 5.75. The number of ether oxygens (including phenoxy) is 1. The van der Waals surface area contributed by atoms with E-state index in [0.717, 1.165) is 12.2 Å². The second-order valence-electron chi connectivity index (χ2n) is 4.81. The minimum Gasteiger partial charge on any atom is -0.492 e. The van der Waals surface area contributed by atoms with Gasteiger partial charge in [-0.1, -0.05) is 6.92 Å². The number of aromatic nitrogens is 3. The molecule has 2 heterocycles. The zero-order valence-electron chi connectivity index (χ0n) is 12.1. The van der Waals surface area contributed by atoms with Gasteiger partial charge in [0.2, 0.25) is 5.91 Å². The van der Waals surface area contributed by atoms with E-state index >= 15 is 0 Å². The van der Waals surface area contributed by atoms with Gasteiger partial charge in [-0.25, -0.2) is 0 Å². The van der Waals surface area contributed by atoms with Crippen LogP contribution in [0.25, 0.3) is 0 Å². The summed E-state index contributed by atoms with van der Waals surface area (Å²) in [5.41, 5.74) is 0. The Balaban J connectivity index is 1.58. The van der Waals surface area contributed by atoms with Crippen molar-refractivity contribution in [3.8, 4) is 5.75 Å². The van der Waals surface area contributed by atoms with E-state index in [1.165, 1.54) is 0 Å². The maximum Gasteiger partial charge on any atom is 0.224 e. The first-order chi connectivity index (χ1) is 10.3. The van der Waals surface area contributed by atoms with Crippen LogP contribution in [-0.4, -0.2) is 33.8 Å². The normalized spacial score (nSPS) is 11.9. The fourth-order valence-corrected chi connectivity index (χ4v) is 1.85. The van der Waals surface area contributed by atoms with Crippen molar-refractivity contribution >= 4 is 5.91 Å². The summed E-state index contributed by atoms with van der Waals surface area (Å²) in [4.78, 5) is 15.9. The standard InChI is InChI=1S/C15H20N4O2/c1-13(12-19-9-3-8-18-19)15(20)17-7-4-10-21-14-5-2-6-16-11-14/h2-3,5-6,8-9,11,13H,4,7,10,12H2,1H3,(H,17,20)/t13-/m0/s1. The number of pyridine rings is 1. The number of nitrogens with one attached hydrogen (secondary N) is 1. The number of hydrogen-bond donors (Lipinski definition) is 1. The molecule has 1 atom stereocenters. The zero-order chi connectivity index (χ0) is 14.9. The molecule has 6 heteroatoms. The van der Waals surface area contributed by atoms with Gasteiger partial charge in [-0.3, -0.25) is 14.5 Å². The zero-order valence-corrected chi connectivity index (χ0v) is 12.1. The molecule has 0 aromatic carbocycles. The van der Waals surface area contributed by atoms with Crippen LogP contribution in [0, 0.1) is 5.92 Å². The SMILES string of the molecule is C[C@@H](Cn1cccn1)C(=O)NCCCOc1cccnc1. The van der Waals surface area contributed by atoms with Crippen LogP contribution in [0.5, 0.6) is 5.75 Å². The van der Waals surface area contributed by atoms with Crippen LogP contribution in [0.1, 0.15) is 13.3 Å². The van der Waals surface area contributed by atoms with Gasteiger partial charge in [0.05, 0.1) is 25.3 Å². The minimum atomic E-state index is -0.107. The van der Waals surface area contributed by atoms with Gasteiger partial charge in [-0.15, -0.1) is 0 Å². The Hall–Kier alpha value is -2.37. The molecule has 6 nitrogen and oxygen atoms in total. The van der Waals surface area contributed by atoms with Crippen LogP contribution in [0.15, 0.2) is 43.0 Å². The summed E-state index contributed by atoms with van der Waals surface area (Å²) in [6.45, 7) is 3.64. The number of amides is 1. The van der Waals surface area contributed by atoms with Gasteiger partial charge in [0.25, 0.3) is 0 Å². The van der Waals surface area contributed by atoms with Crippen molar-refractivity contribution < 1.29 is 9.53 Å². The summed E-state index contributed by atoms with van der Waals surface area (Å²) in [5, 5.41) is 7.00. The van der Waals surface area contributed by atoms with Gasteiger partial charge in [-0.2, -0.15) is 5.10 Å². The Morgan fingerprint density at radius 2 is 2.33 bits per heavy atom. The van der Waals surface area contributed by atoms with Crippen molar-refractivity contribution in [1.82, 2.24) is 20.1 Å². The molecule has 0 unspecified atom stereocenters. The Morgan fingerprint density at radius 3 is 3.05 bits per heavy atom. The molecule has 0 saturated heterocycles. The molecule has 112 valence electrons. The number of hydrogen-bond acceptors (Lipinski definition) is 4. The van der Waals surface area contributed by atoms with Crippen LogP contribution in [0.2, 0.25) is 0 Å². The molecule has 0 spiro atoms. The molecule has 0 aliphatic heterocycles. The highest BCUT2D eigenvalue weighted by Crippen LogP contribution is 2.06. The second kappa shape index (κ2) is 8.04. The van der Waals surface area contributed by atoms with Gasteiger partial charge in [0, 0.05) is 25.1 Å². The molecule has 0 fully saturated rings. The Bertz CT molecular complexity index is 528. The van der Waals surface area contributed by atoms with Crippen molar-refractivity contribution in [3.05, 3.63) is 43.0 Å². The molecule has 1 amide bonds. The van der Waals surface area contributed by atoms with Crippen molar-refractivity contribution in [2.24, 2.45) is 5.92 Å². The predicted molar refractivity (Wildman–Crippen MR) is 78.7 cm³/mol. The van der Waals surface area contributed by atoms with Crippen LogP contribution < -0.4 is 10.1 Å². The molecule has 1 N–H and O–H groups in total. The highest BCUT2D eigenvalue weighted by atomic mass is 16.5. The molecule has 2 aromatic heterocycles. The lowest BCUT2D eigenvalue weighted by Crippen LogP contribution is -2.32. The number of carbonyl (C=O) groups is 1. The maximum absolute atomic E-state index is 11.9. The molecular weight excluding hydrogens is 268 g/mol. The lowest BCUT2D eigenvalue weighted by Gasteiger charge is -2.12. The minimum absolute atomic E-state index is 0.0341. The number of carbonyl (C=O) groups excluding carboxylic acids is 1. The largest absolute Gasteiger partial charge is 0.492 e. The third-order valence-electron chi connectivity index (χ3n) is 2.99. The van der Waals surface area contributed by atoms with Crippen LogP contribution in [0.4, 0.5) is 0 Å². The molecule has 2 rings (SSSR count). The van der Waals surface area contributed by atoms with Crippen LogP contribution >= 0.6 is 0 Å². The van der Waals surface area contributed by atoms with Crippen molar-refractivity contribution in [3.63, 3.8) is 0 Å². The van der Waals surface area contributed by atoms with Crippen molar-refractivity contribution in [2.45, 2.75) is 19.9 Å². The molecule has 0 radical (unpaired) electrons. The quantitative estimate of drug-likeness (QED) is 0.747. The van der Waals surface area contributed by atoms with Crippen molar-refractivity contribution in [2.75, 3.05) is 13.2 Å². The summed E-state index contributed by atoms with van der Waals surface area (Å²) in [6.07, 6.45) is 7.69. The van der Waals surface area contributed by atoms with Crippen molar-refractivity contribution in [1.29, 1.82) is 0 Å². The van der Waals surface area contributed by atoms with Gasteiger partial charge in [-0.05, 0) is 24.6 Å². The van der Waals surface area contributed by atoms with E-state index in [4.69, 9.17) is 4.74 Å². The number of nitrogens with zero attached hydrogens (tertiary/aromatic N) is 3. The molecule has 0 bridgehead atoms. The fourth-order valence-electron chi connectivity index (χ4n) is 1.85. The molecular formula is C15H20N4O2. The Labute approximate surface area is 124 Å². The van der Waals surface area contributed by atoms with E-state index in [1.54, 1.807) is 23.3 Å². The molecule has 21 heavy (non-hydrogen) atoms. The van der Waals surface area contributed by atoms with Gasteiger partial charge >= 0.3 is 0 Å². The summed E-state index contributed by atoms with van der Waals surface area (Å²) in [7, 11) is 0. The van der Waals surface area contributed by atoms with E-state index < -0.39 is 0 Å². The summed E-state index contributed by atoms with van der Waals surface area (Å²) < 4.78 is 7.27. The number of rotatable bonds is 8. The fraction of sp³-hybridized carbons (Fsp3) is 0.400. The molecule has 0 aliphatic carbocycles. The lowest BCUT2D eigenvalue weighted by atomic mass is 10.1. The van der Waals surface area contributed by atoms with Gasteiger partial charge < -0.3 is 10.1 Å². The first kappa shape index (κ1) is 15.0. The van der Waals surface area contributed by atoms with E-state index in [0.29, 0.717) is 19.7 Å². The van der Waals surface area contributed by atoms with Gasteiger partial charge in [0.1, 0.15) is 5.75 Å². The third kappa shape index (κ3) is 5.25. The maximum atomic E-state index is 11.9. The first-order valence-electron chi connectivity index (χ1n) is 7.03. The average molecular weight is 288 g/mol. The smallest absolute Gasteiger partial charge is 0.224 e. The predicted octanol–water partition coefficient (Wildman–Crippen LogP) is 1.50. The molecule has 0 saturated carbocycles. The van der Waals surface area contributed by atoms with Gasteiger partial charge in [0.15, 0.2) is 0 Å². The topological polar surface area (TPSA) is 69.0 Å². The van der Waals surface area contributed by atoms with E-state index in [-0.39, 0.29) is 11.8 Å². The van der Waals surface area contributed by atoms with E-state index in [2.05, 4.69) is 15.4 Å². The highest BCUT2D eigenvalue weighted by molar-refractivity contribution is 5.78. The first-order valence-corrected chi connectivity index (χ1v) is 7.03. The summed E-state index contributed by atoms with van der Waals surface area (Å²) >= 11 is 0. The summed E-state index contributed by atoms with van der Waals surface area (Å²) in [5.74, 6) is 0.673. The van der Waals surface area contributed by atoms with E-state index in [9.17, 15) is 4.79 Å². The third-order valence-corrected chi connectivity index (χ3v) is 2.99. The Morgan fingerprint density at radius 1 is 1.43 bits per heavy atom. The second-order valence-corrected chi connectivity index (χ2v) is 4.81. The molecule has 2 aromatic rings. The van der Waals surface area contributed by atoms with E-state index in [1.807, 2.05) is 31.3 Å². The summed E-state index contributed by atoms with van der Waals surface area (Å²) in [6, 6.07) is 5.53. The lowest BCUT2D eigenvalue weighted by molar-refractivity contribution is -0.124. The average Bonchev–Trinajstić information content (AvgIpc) is 3.00. The highest BCUT2D eigenvalue weighted by Gasteiger charge is 2.12. The van der Waals surface area contributed by atoms with Crippen LogP contribution in [-0.2, 0) is 11.3 Å². The molecule has 0 aliphatic rings. The monoisotopic (exact) mass is 288 g/mol.